The Morgan fingerprint density at radius 3 is 2.85 bits per heavy atom. The highest BCUT2D eigenvalue weighted by atomic mass is 79.9. The average molecular weight is 358 g/mol. The van der Waals surface area contributed by atoms with Crippen LogP contribution in [0.5, 0.6) is 11.5 Å². The molecule has 0 unspecified atom stereocenters. The van der Waals surface area contributed by atoms with Gasteiger partial charge < -0.3 is 15.2 Å². The van der Waals surface area contributed by atoms with Gasteiger partial charge in [0, 0.05) is 12.7 Å². The third-order valence-corrected chi connectivity index (χ3v) is 3.67. The molecular weight excluding hydrogens is 344 g/mol. The van der Waals surface area contributed by atoms with Crippen LogP contribution < -0.4 is 10.1 Å². The van der Waals surface area contributed by atoms with E-state index >= 15 is 0 Å². The van der Waals surface area contributed by atoms with E-state index in [-0.39, 0.29) is 5.75 Å². The minimum absolute atomic E-state index is 0.0894. The van der Waals surface area contributed by atoms with E-state index in [4.69, 9.17) is 16.3 Å². The van der Waals surface area contributed by atoms with Crippen LogP contribution in [0.4, 0.5) is 5.69 Å². The number of benzene rings is 1. The fourth-order valence-corrected chi connectivity index (χ4v) is 2.42. The molecule has 0 aliphatic carbocycles. The molecule has 0 fully saturated rings. The van der Waals surface area contributed by atoms with Crippen LogP contribution in [-0.4, -0.2) is 17.2 Å². The lowest BCUT2D eigenvalue weighted by Crippen LogP contribution is -2.02. The molecule has 0 saturated heterocycles. The number of phenolic OH excluding ortho intramolecular Hbond substituents is 1. The number of aromatic hydroxyl groups is 1. The fraction of sp³-hybridized carbons (Fsp3) is 0.214. The zero-order chi connectivity index (χ0) is 14.7. The molecule has 2 aromatic rings. The molecule has 1 aromatic carbocycles. The first-order valence-electron chi connectivity index (χ1n) is 5.92. The highest BCUT2D eigenvalue weighted by molar-refractivity contribution is 9.10. The second-order valence-electron chi connectivity index (χ2n) is 4.33. The van der Waals surface area contributed by atoms with Gasteiger partial charge in [-0.25, -0.2) is 4.98 Å². The number of methoxy groups -OCH3 is 1. The maximum Gasteiger partial charge on any atom is 0.172 e. The molecule has 0 radical (unpaired) electrons. The second-order valence-corrected chi connectivity index (χ2v) is 5.55. The summed E-state index contributed by atoms with van der Waals surface area (Å²) in [5.41, 5.74) is 2.75. The van der Waals surface area contributed by atoms with E-state index in [1.165, 1.54) is 7.11 Å². The van der Waals surface area contributed by atoms with Crippen LogP contribution in [0.2, 0.25) is 5.15 Å². The molecule has 1 aromatic heterocycles. The summed E-state index contributed by atoms with van der Waals surface area (Å²) in [6.07, 6.45) is 1.72. The Morgan fingerprint density at radius 2 is 2.15 bits per heavy atom. The van der Waals surface area contributed by atoms with Gasteiger partial charge in [-0.15, -0.1) is 0 Å². The van der Waals surface area contributed by atoms with E-state index in [0.717, 1.165) is 16.8 Å². The van der Waals surface area contributed by atoms with Crippen molar-refractivity contribution in [1.29, 1.82) is 0 Å². The smallest absolute Gasteiger partial charge is 0.172 e. The van der Waals surface area contributed by atoms with Crippen molar-refractivity contribution in [3.63, 3.8) is 0 Å². The van der Waals surface area contributed by atoms with Crippen LogP contribution in [0.25, 0.3) is 0 Å². The van der Waals surface area contributed by atoms with E-state index in [1.54, 1.807) is 12.3 Å². The lowest BCUT2D eigenvalue weighted by Gasteiger charge is -2.11. The minimum Gasteiger partial charge on any atom is -0.503 e. The summed E-state index contributed by atoms with van der Waals surface area (Å²) in [4.78, 5) is 4.09. The quantitative estimate of drug-likeness (QED) is 0.808. The van der Waals surface area contributed by atoms with E-state index in [1.807, 2.05) is 19.1 Å². The van der Waals surface area contributed by atoms with Crippen molar-refractivity contribution in [3.8, 4) is 11.5 Å². The third kappa shape index (κ3) is 3.35. The molecule has 0 amide bonds. The highest BCUT2D eigenvalue weighted by Crippen LogP contribution is 2.35. The molecular formula is C14H14BrClN2O2. The normalized spacial score (nSPS) is 10.4. The summed E-state index contributed by atoms with van der Waals surface area (Å²) >= 11 is 9.32. The number of nitrogens with one attached hydrogen (secondary N) is 1. The average Bonchev–Trinajstić information content (AvgIpc) is 2.43. The maximum absolute atomic E-state index is 9.76. The highest BCUT2D eigenvalue weighted by Gasteiger charge is 2.09. The Morgan fingerprint density at radius 1 is 1.40 bits per heavy atom. The number of rotatable bonds is 4. The zero-order valence-electron chi connectivity index (χ0n) is 11.1. The van der Waals surface area contributed by atoms with Gasteiger partial charge in [-0.05, 0) is 52.2 Å². The number of nitrogens with zero attached hydrogens (tertiary/aromatic N) is 1. The molecule has 4 nitrogen and oxygen atoms in total. The lowest BCUT2D eigenvalue weighted by molar-refractivity contribution is 0.371. The summed E-state index contributed by atoms with van der Waals surface area (Å²) in [7, 11) is 1.51. The Hall–Kier alpha value is -1.46. The Balaban J connectivity index is 2.19. The summed E-state index contributed by atoms with van der Waals surface area (Å²) < 4.78 is 5.70. The predicted octanol–water partition coefficient (Wildman–Crippen LogP) is 4.13. The molecule has 106 valence electrons. The first-order valence-corrected chi connectivity index (χ1v) is 7.09. The number of pyridine rings is 1. The van der Waals surface area contributed by atoms with Gasteiger partial charge in [0.25, 0.3) is 0 Å². The number of aryl methyl sites for hydroxylation is 1. The van der Waals surface area contributed by atoms with Crippen molar-refractivity contribution >= 4 is 33.2 Å². The van der Waals surface area contributed by atoms with Crippen LogP contribution in [0.15, 0.2) is 28.9 Å². The first-order chi connectivity index (χ1) is 9.51. The van der Waals surface area contributed by atoms with Crippen LogP contribution in [-0.2, 0) is 6.54 Å². The molecule has 2 N–H and O–H groups in total. The van der Waals surface area contributed by atoms with Gasteiger partial charge in [0.1, 0.15) is 0 Å². The molecule has 0 spiro atoms. The summed E-state index contributed by atoms with van der Waals surface area (Å²) in [6.45, 7) is 2.49. The number of hydrogen-bond donors (Lipinski definition) is 2. The molecule has 20 heavy (non-hydrogen) atoms. The molecule has 0 atom stereocenters. The molecule has 0 bridgehead atoms. The van der Waals surface area contributed by atoms with Crippen LogP contribution in [0, 0.1) is 6.92 Å². The SMILES string of the molecule is COc1cc(CNc2cc(C)cnc2Cl)cc(Br)c1O. The molecule has 0 aliphatic heterocycles. The van der Waals surface area contributed by atoms with Gasteiger partial charge in [0.05, 0.1) is 17.3 Å². The minimum atomic E-state index is 0.0894. The van der Waals surface area contributed by atoms with Crippen LogP contribution in [0.1, 0.15) is 11.1 Å². The number of halogens is 2. The van der Waals surface area contributed by atoms with Crippen molar-refractivity contribution in [2.45, 2.75) is 13.5 Å². The van der Waals surface area contributed by atoms with E-state index < -0.39 is 0 Å². The number of ether oxygens (including phenoxy) is 1. The van der Waals surface area contributed by atoms with Crippen molar-refractivity contribution < 1.29 is 9.84 Å². The van der Waals surface area contributed by atoms with E-state index in [9.17, 15) is 5.11 Å². The van der Waals surface area contributed by atoms with Crippen molar-refractivity contribution in [1.82, 2.24) is 4.98 Å². The Labute approximate surface area is 130 Å². The molecule has 0 saturated carbocycles. The summed E-state index contributed by atoms with van der Waals surface area (Å²) in [5, 5.41) is 13.4. The van der Waals surface area contributed by atoms with Crippen LogP contribution >= 0.6 is 27.5 Å². The molecule has 1 heterocycles. The van der Waals surface area contributed by atoms with Crippen molar-refractivity contribution in [3.05, 3.63) is 45.1 Å². The first kappa shape index (κ1) is 14.9. The predicted molar refractivity (Wildman–Crippen MR) is 83.7 cm³/mol. The number of hydrogen-bond acceptors (Lipinski definition) is 4. The van der Waals surface area contributed by atoms with Crippen molar-refractivity contribution in [2.24, 2.45) is 0 Å². The zero-order valence-corrected chi connectivity index (χ0v) is 13.4. The number of aromatic nitrogens is 1. The van der Waals surface area contributed by atoms with Crippen LogP contribution in [0.3, 0.4) is 0 Å². The number of anilines is 1. The third-order valence-electron chi connectivity index (χ3n) is 2.77. The van der Waals surface area contributed by atoms with Gasteiger partial charge in [0.15, 0.2) is 16.7 Å². The van der Waals surface area contributed by atoms with Gasteiger partial charge >= 0.3 is 0 Å². The Kier molecular flexibility index (Phi) is 4.73. The van der Waals surface area contributed by atoms with Gasteiger partial charge in [0.2, 0.25) is 0 Å². The molecule has 0 aliphatic rings. The van der Waals surface area contributed by atoms with Crippen molar-refractivity contribution in [2.75, 3.05) is 12.4 Å². The lowest BCUT2D eigenvalue weighted by atomic mass is 10.2. The maximum atomic E-state index is 9.76. The summed E-state index contributed by atoms with van der Waals surface area (Å²) in [5.74, 6) is 0.510. The topological polar surface area (TPSA) is 54.4 Å². The fourth-order valence-electron chi connectivity index (χ4n) is 1.76. The summed E-state index contributed by atoms with van der Waals surface area (Å²) in [6, 6.07) is 5.52. The largest absolute Gasteiger partial charge is 0.503 e. The monoisotopic (exact) mass is 356 g/mol. The second kappa shape index (κ2) is 6.33. The molecule has 6 heteroatoms. The number of phenols is 1. The van der Waals surface area contributed by atoms with E-state index in [0.29, 0.717) is 21.9 Å². The van der Waals surface area contributed by atoms with Gasteiger partial charge in [-0.3, -0.25) is 0 Å². The Bertz CT molecular complexity index is 635. The molecule has 2 rings (SSSR count). The van der Waals surface area contributed by atoms with Gasteiger partial charge in [-0.2, -0.15) is 0 Å². The van der Waals surface area contributed by atoms with E-state index in [2.05, 4.69) is 26.2 Å². The standard InChI is InChI=1S/C14H14BrClN2O2/c1-8-3-11(14(16)18-6-8)17-7-9-4-10(15)13(19)12(5-9)20-2/h3-6,17,19H,7H2,1-2H3. The van der Waals surface area contributed by atoms with Gasteiger partial charge in [-0.1, -0.05) is 11.6 Å².